The second-order valence-electron chi connectivity index (χ2n) is 7.65. The Hall–Kier alpha value is -2.23. The Morgan fingerprint density at radius 3 is 2.17 bits per heavy atom. The third-order valence-corrected chi connectivity index (χ3v) is 8.41. The summed E-state index contributed by atoms with van der Waals surface area (Å²) < 4.78 is 51.3. The zero-order chi connectivity index (χ0) is 22.1. The molecule has 7 nitrogen and oxygen atoms in total. The molecule has 1 aliphatic heterocycles. The van der Waals surface area contributed by atoms with Crippen LogP contribution in [-0.2, 0) is 19.9 Å². The van der Waals surface area contributed by atoms with Crippen LogP contribution in [0.2, 0.25) is 0 Å². The number of sulfonamides is 1. The number of sulfone groups is 1. The highest BCUT2D eigenvalue weighted by Gasteiger charge is 2.27. The summed E-state index contributed by atoms with van der Waals surface area (Å²) in [5.74, 6) is -0.497. The molecule has 1 N–H and O–H groups in total. The van der Waals surface area contributed by atoms with Crippen LogP contribution in [0.3, 0.4) is 0 Å². The molecule has 3 rings (SSSR count). The molecular formula is C21H26N2O5S2. The molecule has 1 heterocycles. The first-order valence-electron chi connectivity index (χ1n) is 9.73. The summed E-state index contributed by atoms with van der Waals surface area (Å²) in [5, 5.41) is 2.70. The van der Waals surface area contributed by atoms with Crippen molar-refractivity contribution in [1.29, 1.82) is 0 Å². The Bertz CT molecular complexity index is 1180. The van der Waals surface area contributed by atoms with E-state index >= 15 is 0 Å². The Labute approximate surface area is 178 Å². The van der Waals surface area contributed by atoms with Crippen molar-refractivity contribution >= 4 is 31.5 Å². The molecule has 2 aromatic carbocycles. The lowest BCUT2D eigenvalue weighted by molar-refractivity contribution is 0.102. The number of rotatable bonds is 5. The molecule has 1 aliphatic rings. The van der Waals surface area contributed by atoms with Gasteiger partial charge in [0.15, 0.2) is 9.84 Å². The van der Waals surface area contributed by atoms with E-state index in [1.165, 1.54) is 22.5 Å². The predicted molar refractivity (Wildman–Crippen MR) is 116 cm³/mol. The van der Waals surface area contributed by atoms with Gasteiger partial charge in [-0.05, 0) is 62.1 Å². The molecule has 9 heteroatoms. The highest BCUT2D eigenvalue weighted by atomic mass is 32.2. The Morgan fingerprint density at radius 1 is 0.900 bits per heavy atom. The van der Waals surface area contributed by atoms with Crippen LogP contribution in [0.4, 0.5) is 5.69 Å². The van der Waals surface area contributed by atoms with E-state index in [9.17, 15) is 21.6 Å². The molecule has 1 fully saturated rings. The number of carbonyl (C=O) groups is 1. The number of hydrogen-bond acceptors (Lipinski definition) is 5. The molecule has 30 heavy (non-hydrogen) atoms. The molecule has 0 bridgehead atoms. The average molecular weight is 451 g/mol. The second-order valence-corrected chi connectivity index (χ2v) is 11.6. The van der Waals surface area contributed by atoms with Crippen molar-refractivity contribution in [2.45, 2.75) is 42.9 Å². The zero-order valence-corrected chi connectivity index (χ0v) is 18.9. The van der Waals surface area contributed by atoms with Crippen LogP contribution >= 0.6 is 0 Å². The lowest BCUT2D eigenvalue weighted by Crippen LogP contribution is -2.36. The molecular weight excluding hydrogens is 424 g/mol. The van der Waals surface area contributed by atoms with Crippen LogP contribution in [0.5, 0.6) is 0 Å². The van der Waals surface area contributed by atoms with Gasteiger partial charge in [-0.3, -0.25) is 4.79 Å². The molecule has 0 unspecified atom stereocenters. The molecule has 0 spiro atoms. The first-order chi connectivity index (χ1) is 14.0. The van der Waals surface area contributed by atoms with Gasteiger partial charge in [0.1, 0.15) is 0 Å². The van der Waals surface area contributed by atoms with E-state index in [0.29, 0.717) is 29.9 Å². The van der Waals surface area contributed by atoms with Gasteiger partial charge in [0.2, 0.25) is 10.0 Å². The van der Waals surface area contributed by atoms with Crippen LogP contribution in [0.15, 0.2) is 46.2 Å². The van der Waals surface area contributed by atoms with Gasteiger partial charge in [-0.15, -0.1) is 0 Å². The Kier molecular flexibility index (Phi) is 6.35. The quantitative estimate of drug-likeness (QED) is 0.754. The van der Waals surface area contributed by atoms with Crippen molar-refractivity contribution in [3.63, 3.8) is 0 Å². The Morgan fingerprint density at radius 2 is 1.53 bits per heavy atom. The van der Waals surface area contributed by atoms with E-state index in [0.717, 1.165) is 25.5 Å². The fourth-order valence-corrected chi connectivity index (χ4v) is 5.89. The highest BCUT2D eigenvalue weighted by Crippen LogP contribution is 2.26. The molecule has 0 aromatic heterocycles. The fraction of sp³-hybridized carbons (Fsp3) is 0.381. The molecule has 0 atom stereocenters. The topological polar surface area (TPSA) is 101 Å². The predicted octanol–water partition coefficient (Wildman–Crippen LogP) is 3.13. The number of carbonyl (C=O) groups excluding carboxylic acids is 1. The standard InChI is InChI=1S/C21H26N2O5S2/c1-15-8-10-18(29(3,25)26)14-19(15)21(24)22-17-9-7-16(2)20(13-17)30(27,28)23-11-5-4-6-12-23/h7-10,13-14H,4-6,11-12H2,1-3H3,(H,22,24). The van der Waals surface area contributed by atoms with Crippen LogP contribution < -0.4 is 5.32 Å². The third kappa shape index (κ3) is 4.74. The number of hydrogen-bond donors (Lipinski definition) is 1. The fourth-order valence-electron chi connectivity index (χ4n) is 3.47. The molecule has 0 radical (unpaired) electrons. The maximum absolute atomic E-state index is 13.1. The summed E-state index contributed by atoms with van der Waals surface area (Å²) in [6, 6.07) is 9.13. The summed E-state index contributed by atoms with van der Waals surface area (Å²) in [7, 11) is -7.10. The number of amides is 1. The molecule has 1 saturated heterocycles. The lowest BCUT2D eigenvalue weighted by atomic mass is 10.1. The largest absolute Gasteiger partial charge is 0.322 e. The molecule has 2 aromatic rings. The van der Waals surface area contributed by atoms with E-state index in [1.54, 1.807) is 32.0 Å². The van der Waals surface area contributed by atoms with Gasteiger partial charge in [0.05, 0.1) is 9.79 Å². The van der Waals surface area contributed by atoms with E-state index in [4.69, 9.17) is 0 Å². The van der Waals surface area contributed by atoms with Crippen LogP contribution in [0.25, 0.3) is 0 Å². The zero-order valence-electron chi connectivity index (χ0n) is 17.3. The van der Waals surface area contributed by atoms with E-state index in [2.05, 4.69) is 5.32 Å². The lowest BCUT2D eigenvalue weighted by Gasteiger charge is -2.26. The molecule has 1 amide bonds. The summed E-state index contributed by atoms with van der Waals surface area (Å²) in [6.45, 7) is 4.43. The van der Waals surface area contributed by atoms with Crippen molar-refractivity contribution in [2.75, 3.05) is 24.7 Å². The van der Waals surface area contributed by atoms with Gasteiger partial charge >= 0.3 is 0 Å². The van der Waals surface area contributed by atoms with Crippen molar-refractivity contribution in [3.8, 4) is 0 Å². The first kappa shape index (κ1) is 22.5. The summed E-state index contributed by atoms with van der Waals surface area (Å²) >= 11 is 0. The number of nitrogens with zero attached hydrogens (tertiary/aromatic N) is 1. The average Bonchev–Trinajstić information content (AvgIpc) is 2.69. The van der Waals surface area contributed by atoms with E-state index < -0.39 is 25.8 Å². The molecule has 0 saturated carbocycles. The van der Waals surface area contributed by atoms with E-state index in [-0.39, 0.29) is 15.4 Å². The Balaban J connectivity index is 1.92. The van der Waals surface area contributed by atoms with Gasteiger partial charge in [-0.25, -0.2) is 16.8 Å². The van der Waals surface area contributed by atoms with Crippen LogP contribution in [0, 0.1) is 13.8 Å². The minimum absolute atomic E-state index is 0.0514. The highest BCUT2D eigenvalue weighted by molar-refractivity contribution is 7.90. The number of aryl methyl sites for hydroxylation is 2. The van der Waals surface area contributed by atoms with Gasteiger partial charge < -0.3 is 5.32 Å². The minimum Gasteiger partial charge on any atom is -0.322 e. The van der Waals surface area contributed by atoms with Gasteiger partial charge in [-0.2, -0.15) is 4.31 Å². The molecule has 162 valence electrons. The number of benzene rings is 2. The smallest absolute Gasteiger partial charge is 0.255 e. The minimum atomic E-state index is -3.65. The normalized spacial score (nSPS) is 15.7. The first-order valence-corrected chi connectivity index (χ1v) is 13.1. The molecule has 0 aliphatic carbocycles. The van der Waals surface area contributed by atoms with Gasteiger partial charge in [0, 0.05) is 30.6 Å². The van der Waals surface area contributed by atoms with Crippen molar-refractivity contribution in [3.05, 3.63) is 53.1 Å². The SMILES string of the molecule is Cc1ccc(S(C)(=O)=O)cc1C(=O)Nc1ccc(C)c(S(=O)(=O)N2CCCCC2)c1. The summed E-state index contributed by atoms with van der Waals surface area (Å²) in [5.41, 5.74) is 1.78. The van der Waals surface area contributed by atoms with Crippen molar-refractivity contribution < 1.29 is 21.6 Å². The van der Waals surface area contributed by atoms with Crippen LogP contribution in [-0.4, -0.2) is 46.4 Å². The monoisotopic (exact) mass is 450 g/mol. The van der Waals surface area contributed by atoms with Crippen molar-refractivity contribution in [2.24, 2.45) is 0 Å². The second kappa shape index (κ2) is 8.49. The number of anilines is 1. The van der Waals surface area contributed by atoms with Crippen LogP contribution in [0.1, 0.15) is 40.7 Å². The maximum atomic E-state index is 13.1. The van der Waals surface area contributed by atoms with Gasteiger partial charge in [0.25, 0.3) is 5.91 Å². The number of piperidine rings is 1. The summed E-state index contributed by atoms with van der Waals surface area (Å²) in [4.78, 5) is 13.0. The summed E-state index contributed by atoms with van der Waals surface area (Å²) in [6.07, 6.45) is 3.78. The maximum Gasteiger partial charge on any atom is 0.255 e. The third-order valence-electron chi connectivity index (χ3n) is 5.26. The van der Waals surface area contributed by atoms with Gasteiger partial charge in [-0.1, -0.05) is 18.6 Å². The van der Waals surface area contributed by atoms with Crippen molar-refractivity contribution in [1.82, 2.24) is 4.31 Å². The van der Waals surface area contributed by atoms with E-state index in [1.807, 2.05) is 0 Å². The number of nitrogens with one attached hydrogen (secondary N) is 1.